The van der Waals surface area contributed by atoms with Crippen LogP contribution in [0.3, 0.4) is 0 Å². The third kappa shape index (κ3) is 0.724. The van der Waals surface area contributed by atoms with Gasteiger partial charge in [0.15, 0.2) is 0 Å². The van der Waals surface area contributed by atoms with E-state index in [0.29, 0.717) is 0 Å². The van der Waals surface area contributed by atoms with E-state index in [0.717, 1.165) is 0 Å². The summed E-state index contributed by atoms with van der Waals surface area (Å²) >= 11 is 0. The molecule has 0 saturated heterocycles. The van der Waals surface area contributed by atoms with E-state index in [2.05, 4.69) is 14.8 Å². The van der Waals surface area contributed by atoms with Gasteiger partial charge in [0.25, 0.3) is 0 Å². The highest BCUT2D eigenvalue weighted by Crippen LogP contribution is 2.25. The molecule has 4 heteroatoms. The Balaban J connectivity index is 2.48. The van der Waals surface area contributed by atoms with Gasteiger partial charge in [0.2, 0.25) is 0 Å². The van der Waals surface area contributed by atoms with Crippen LogP contribution in [0.2, 0.25) is 0 Å². The van der Waals surface area contributed by atoms with Crippen molar-refractivity contribution >= 4 is 28.2 Å². The Hall–Kier alpha value is -0.900. The van der Waals surface area contributed by atoms with Gasteiger partial charge in [-0.05, 0) is 10.7 Å². The van der Waals surface area contributed by atoms with Crippen molar-refractivity contribution < 1.29 is 0 Å². The quantitative estimate of drug-likeness (QED) is 0.474. The van der Waals surface area contributed by atoms with E-state index in [4.69, 9.17) is 0 Å². The molecule has 0 saturated carbocycles. The first-order chi connectivity index (χ1) is 4.88. The molecule has 1 atom stereocenters. The minimum absolute atomic E-state index is 0.0332. The fourth-order valence-corrected chi connectivity index (χ4v) is 2.15. The Labute approximate surface area is 61.8 Å². The first kappa shape index (κ1) is 5.85. The van der Waals surface area contributed by atoms with Crippen molar-refractivity contribution in [1.29, 1.82) is 0 Å². The minimum atomic E-state index is -0.0332. The molecular formula is C6H7N3S. The Morgan fingerprint density at radius 2 is 2.50 bits per heavy atom. The summed E-state index contributed by atoms with van der Waals surface area (Å²) in [6.45, 7) is 0. The Morgan fingerprint density at radius 1 is 1.60 bits per heavy atom. The van der Waals surface area contributed by atoms with Crippen LogP contribution in [0, 0.1) is 0 Å². The zero-order valence-corrected chi connectivity index (χ0v) is 6.38. The predicted octanol–water partition coefficient (Wildman–Crippen LogP) is 0.830. The largest absolute Gasteiger partial charge is 0.343 e. The van der Waals surface area contributed by atoms with E-state index in [-0.39, 0.29) is 10.7 Å². The molecule has 0 aliphatic carbocycles. The summed E-state index contributed by atoms with van der Waals surface area (Å²) in [5.41, 5.74) is 0. The Morgan fingerprint density at radius 3 is 3.30 bits per heavy atom. The Kier molecular flexibility index (Phi) is 1.20. The van der Waals surface area contributed by atoms with Crippen LogP contribution in [0.1, 0.15) is 0 Å². The first-order valence-corrected chi connectivity index (χ1v) is 4.19. The van der Waals surface area contributed by atoms with E-state index >= 15 is 0 Å². The van der Waals surface area contributed by atoms with Crippen molar-refractivity contribution in [2.45, 2.75) is 0 Å². The van der Waals surface area contributed by atoms with Gasteiger partial charge in [-0.25, -0.2) is 9.39 Å². The van der Waals surface area contributed by atoms with E-state index in [1.54, 1.807) is 6.34 Å². The van der Waals surface area contributed by atoms with Gasteiger partial charge in [0.1, 0.15) is 11.3 Å². The molecule has 2 aliphatic rings. The van der Waals surface area contributed by atoms with Crippen LogP contribution in [0.5, 0.6) is 0 Å². The average Bonchev–Trinajstić information content (AvgIpc) is 2.34. The third-order valence-corrected chi connectivity index (χ3v) is 2.91. The predicted molar refractivity (Wildman–Crippen MR) is 46.5 cm³/mol. The van der Waals surface area contributed by atoms with Crippen LogP contribution >= 0.6 is 10.7 Å². The second-order valence-electron chi connectivity index (χ2n) is 2.05. The van der Waals surface area contributed by atoms with Gasteiger partial charge in [-0.2, -0.15) is 0 Å². The maximum atomic E-state index is 4.18. The van der Waals surface area contributed by atoms with Gasteiger partial charge >= 0.3 is 0 Å². The molecule has 0 aromatic heterocycles. The van der Waals surface area contributed by atoms with E-state index in [1.807, 2.05) is 24.4 Å². The number of aliphatic imine (C=N–C) groups is 1. The smallest absolute Gasteiger partial charge is 0.123 e. The first-order valence-electron chi connectivity index (χ1n) is 2.95. The summed E-state index contributed by atoms with van der Waals surface area (Å²) < 4.78 is 4.18. The topological polar surface area (TPSA) is 28.0 Å². The third-order valence-electron chi connectivity index (χ3n) is 1.39. The van der Waals surface area contributed by atoms with E-state index in [9.17, 15) is 0 Å². The standard InChI is InChI=1S/C6H7N3S/c1-9-2-3-10-6(9)4-7-5-8-10/h2-5H,1H3. The minimum Gasteiger partial charge on any atom is -0.343 e. The number of rotatable bonds is 0. The molecule has 52 valence electrons. The fourth-order valence-electron chi connectivity index (χ4n) is 0.849. The van der Waals surface area contributed by atoms with Crippen molar-refractivity contribution in [1.82, 2.24) is 4.90 Å². The summed E-state index contributed by atoms with van der Waals surface area (Å²) in [6, 6.07) is 0. The van der Waals surface area contributed by atoms with Gasteiger partial charge in [-0.15, -0.1) is 0 Å². The molecule has 0 aromatic rings. The van der Waals surface area contributed by atoms with Crippen LogP contribution in [0.25, 0.3) is 0 Å². The average molecular weight is 153 g/mol. The lowest BCUT2D eigenvalue weighted by atomic mass is 10.6. The van der Waals surface area contributed by atoms with Crippen LogP contribution in [-0.4, -0.2) is 29.5 Å². The van der Waals surface area contributed by atoms with Crippen molar-refractivity contribution in [3.05, 3.63) is 11.6 Å². The maximum absolute atomic E-state index is 4.18. The highest BCUT2D eigenvalue weighted by Gasteiger charge is 2.11. The summed E-state index contributed by atoms with van der Waals surface area (Å²) in [5, 5.41) is 2.08. The summed E-state index contributed by atoms with van der Waals surface area (Å²) in [7, 11) is 1.97. The maximum Gasteiger partial charge on any atom is 0.123 e. The van der Waals surface area contributed by atoms with Crippen molar-refractivity contribution in [2.24, 2.45) is 9.39 Å². The SMILES string of the molecule is CN1C=CS2=C1C=NC=N2. The Bertz CT molecular complexity index is 275. The van der Waals surface area contributed by atoms with Gasteiger partial charge in [-0.3, -0.25) is 0 Å². The lowest BCUT2D eigenvalue weighted by Gasteiger charge is -2.10. The van der Waals surface area contributed by atoms with Gasteiger partial charge in [-0.1, -0.05) is 0 Å². The molecule has 1 unspecified atom stereocenters. The molecule has 2 aliphatic heterocycles. The monoisotopic (exact) mass is 153 g/mol. The van der Waals surface area contributed by atoms with Gasteiger partial charge in [0, 0.05) is 18.7 Å². The zero-order valence-electron chi connectivity index (χ0n) is 5.56. The summed E-state index contributed by atoms with van der Waals surface area (Å²) in [4.78, 5) is 7.17. The van der Waals surface area contributed by atoms with Crippen LogP contribution in [0.4, 0.5) is 0 Å². The fraction of sp³-hybridized carbons (Fsp3) is 0.167. The molecule has 0 fully saturated rings. The summed E-state index contributed by atoms with van der Waals surface area (Å²) in [5.74, 6) is 0. The second-order valence-corrected chi connectivity index (χ2v) is 3.58. The van der Waals surface area contributed by atoms with Gasteiger partial charge in [0.05, 0.1) is 6.21 Å². The number of hydrogen-bond acceptors (Lipinski definition) is 3. The second kappa shape index (κ2) is 2.05. The molecule has 0 bridgehead atoms. The highest BCUT2D eigenvalue weighted by molar-refractivity contribution is 8.18. The molecule has 2 rings (SSSR count). The molecule has 2 heterocycles. The zero-order chi connectivity index (χ0) is 6.97. The van der Waals surface area contributed by atoms with Crippen molar-refractivity contribution in [3.8, 4) is 0 Å². The van der Waals surface area contributed by atoms with Crippen molar-refractivity contribution in [2.75, 3.05) is 7.05 Å². The van der Waals surface area contributed by atoms with E-state index in [1.165, 1.54) is 4.99 Å². The van der Waals surface area contributed by atoms with Crippen LogP contribution in [0.15, 0.2) is 21.0 Å². The lowest BCUT2D eigenvalue weighted by Crippen LogP contribution is -2.19. The molecular weight excluding hydrogens is 146 g/mol. The number of nitrogens with zero attached hydrogens (tertiary/aromatic N) is 3. The summed E-state index contributed by atoms with van der Waals surface area (Å²) in [6.07, 6.45) is 5.49. The highest BCUT2D eigenvalue weighted by atomic mass is 32.2. The normalized spacial score (nSPS) is 27.9. The van der Waals surface area contributed by atoms with E-state index < -0.39 is 0 Å². The molecule has 0 amide bonds. The molecule has 0 aromatic carbocycles. The van der Waals surface area contributed by atoms with Crippen LogP contribution in [-0.2, 0) is 0 Å². The van der Waals surface area contributed by atoms with Crippen LogP contribution < -0.4 is 0 Å². The molecule has 10 heavy (non-hydrogen) atoms. The van der Waals surface area contributed by atoms with Gasteiger partial charge < -0.3 is 4.90 Å². The molecule has 0 spiro atoms. The molecule has 0 radical (unpaired) electrons. The number of hydrogen-bond donors (Lipinski definition) is 0. The molecule has 0 N–H and O–H groups in total. The lowest BCUT2D eigenvalue weighted by molar-refractivity contribution is 0.718. The van der Waals surface area contributed by atoms with Crippen molar-refractivity contribution in [3.63, 3.8) is 0 Å². The molecule has 3 nitrogen and oxygen atoms in total.